The third-order valence-corrected chi connectivity index (χ3v) is 6.00. The predicted molar refractivity (Wildman–Crippen MR) is 123 cm³/mol. The number of nitrogens with two attached hydrogens (primary N) is 1. The molecule has 0 unspecified atom stereocenters. The molecule has 1 saturated heterocycles. The van der Waals surface area contributed by atoms with Crippen molar-refractivity contribution in [3.05, 3.63) is 66.6 Å². The molecular formula is C24H27N5O3. The minimum absolute atomic E-state index is 0.127. The van der Waals surface area contributed by atoms with Crippen LogP contribution < -0.4 is 15.4 Å². The maximum atomic E-state index is 13.0. The largest absolute Gasteiger partial charge is 0.497 e. The first kappa shape index (κ1) is 21.4. The summed E-state index contributed by atoms with van der Waals surface area (Å²) >= 11 is 0. The molecule has 0 radical (unpaired) electrons. The molecule has 8 nitrogen and oxygen atoms in total. The van der Waals surface area contributed by atoms with Crippen LogP contribution in [0.25, 0.3) is 11.3 Å². The van der Waals surface area contributed by atoms with Crippen molar-refractivity contribution in [3.8, 4) is 17.0 Å². The van der Waals surface area contributed by atoms with Gasteiger partial charge in [0, 0.05) is 49.2 Å². The van der Waals surface area contributed by atoms with Gasteiger partial charge in [0.05, 0.1) is 12.8 Å². The Labute approximate surface area is 187 Å². The molecule has 166 valence electrons. The molecule has 1 aliphatic rings. The van der Waals surface area contributed by atoms with E-state index in [9.17, 15) is 9.59 Å². The number of primary amides is 1. The second kappa shape index (κ2) is 9.13. The van der Waals surface area contributed by atoms with Crippen molar-refractivity contribution >= 4 is 17.6 Å². The van der Waals surface area contributed by atoms with Crippen molar-refractivity contribution in [3.63, 3.8) is 0 Å². The fraction of sp³-hybridized carbons (Fsp3) is 0.292. The molecule has 1 aromatic heterocycles. The highest BCUT2D eigenvalue weighted by atomic mass is 16.5. The summed E-state index contributed by atoms with van der Waals surface area (Å²) in [5.41, 5.74) is 8.29. The number of methoxy groups -OCH3 is 1. The van der Waals surface area contributed by atoms with Crippen LogP contribution in [0.2, 0.25) is 0 Å². The molecule has 3 aromatic rings. The lowest BCUT2D eigenvalue weighted by Crippen LogP contribution is -2.46. The minimum Gasteiger partial charge on any atom is -0.497 e. The van der Waals surface area contributed by atoms with Gasteiger partial charge in [0.1, 0.15) is 12.1 Å². The van der Waals surface area contributed by atoms with E-state index in [2.05, 4.69) is 22.0 Å². The highest BCUT2D eigenvalue weighted by molar-refractivity contribution is 5.94. The Morgan fingerprint density at radius 2 is 1.84 bits per heavy atom. The van der Waals surface area contributed by atoms with Crippen LogP contribution in [0.4, 0.5) is 10.5 Å². The average molecular weight is 434 g/mol. The standard InChI is InChI=1S/C24H27N5O3/c1-27(19-10-12-28(13-11-19)20-6-8-21(32-2)9-7-20)24(31)29-15-22(26-16-29)17-4-3-5-18(14-17)23(25)30/h3-9,14-16,19H,10-13H2,1-2H3,(H2,25,30). The van der Waals surface area contributed by atoms with Gasteiger partial charge in [-0.25, -0.2) is 9.78 Å². The summed E-state index contributed by atoms with van der Waals surface area (Å²) in [7, 11) is 3.50. The van der Waals surface area contributed by atoms with Crippen LogP contribution in [-0.4, -0.2) is 59.7 Å². The second-order valence-corrected chi connectivity index (χ2v) is 7.92. The molecule has 2 N–H and O–H groups in total. The number of imidazole rings is 1. The minimum atomic E-state index is -0.497. The molecule has 0 saturated carbocycles. The number of ether oxygens (including phenoxy) is 1. The van der Waals surface area contributed by atoms with Crippen molar-refractivity contribution in [2.45, 2.75) is 18.9 Å². The molecule has 0 aliphatic carbocycles. The van der Waals surface area contributed by atoms with Gasteiger partial charge in [0.25, 0.3) is 0 Å². The van der Waals surface area contributed by atoms with E-state index in [1.807, 2.05) is 25.2 Å². The number of benzene rings is 2. The Bertz CT molecular complexity index is 1100. The first-order valence-electron chi connectivity index (χ1n) is 10.6. The summed E-state index contributed by atoms with van der Waals surface area (Å²) in [4.78, 5) is 32.9. The number of amides is 2. The van der Waals surface area contributed by atoms with E-state index in [-0.39, 0.29) is 12.1 Å². The van der Waals surface area contributed by atoms with Crippen LogP contribution in [0.15, 0.2) is 61.1 Å². The molecule has 2 heterocycles. The van der Waals surface area contributed by atoms with E-state index in [0.29, 0.717) is 11.3 Å². The molecular weight excluding hydrogens is 406 g/mol. The van der Waals surface area contributed by atoms with Gasteiger partial charge >= 0.3 is 6.03 Å². The lowest BCUT2D eigenvalue weighted by atomic mass is 10.0. The average Bonchev–Trinajstić information content (AvgIpc) is 3.34. The molecule has 0 atom stereocenters. The highest BCUT2D eigenvalue weighted by Crippen LogP contribution is 2.25. The van der Waals surface area contributed by atoms with Gasteiger partial charge in [-0.2, -0.15) is 0 Å². The number of anilines is 1. The number of nitrogens with zero attached hydrogens (tertiary/aromatic N) is 4. The Hall–Kier alpha value is -3.81. The first-order chi connectivity index (χ1) is 15.5. The van der Waals surface area contributed by atoms with Crippen LogP contribution in [0.5, 0.6) is 5.75 Å². The summed E-state index contributed by atoms with van der Waals surface area (Å²) in [6, 6.07) is 15.0. The van der Waals surface area contributed by atoms with Crippen LogP contribution >= 0.6 is 0 Å². The molecule has 0 spiro atoms. The molecule has 8 heteroatoms. The molecule has 2 amide bonds. The SMILES string of the molecule is COc1ccc(N2CCC(N(C)C(=O)n3cnc(-c4cccc(C(N)=O)c4)c3)CC2)cc1. The van der Waals surface area contributed by atoms with Gasteiger partial charge in [0.2, 0.25) is 5.91 Å². The van der Waals surface area contributed by atoms with Gasteiger partial charge < -0.3 is 20.3 Å². The van der Waals surface area contributed by atoms with E-state index < -0.39 is 5.91 Å². The van der Waals surface area contributed by atoms with Crippen molar-refractivity contribution in [2.24, 2.45) is 5.73 Å². The third-order valence-electron chi connectivity index (χ3n) is 6.00. The fourth-order valence-corrected chi connectivity index (χ4v) is 4.05. The number of carbonyl (C=O) groups excluding carboxylic acids is 2. The summed E-state index contributed by atoms with van der Waals surface area (Å²) in [6.45, 7) is 1.76. The Morgan fingerprint density at radius 1 is 1.12 bits per heavy atom. The molecule has 0 bridgehead atoms. The monoisotopic (exact) mass is 433 g/mol. The molecule has 1 fully saturated rings. The molecule has 2 aromatic carbocycles. The smallest absolute Gasteiger partial charge is 0.329 e. The number of rotatable bonds is 5. The Balaban J connectivity index is 1.39. The topological polar surface area (TPSA) is 93.7 Å². The van der Waals surface area contributed by atoms with Gasteiger partial charge in [-0.05, 0) is 49.2 Å². The van der Waals surface area contributed by atoms with E-state index in [0.717, 1.165) is 42.9 Å². The van der Waals surface area contributed by atoms with E-state index in [4.69, 9.17) is 10.5 Å². The molecule has 1 aliphatic heterocycles. The van der Waals surface area contributed by atoms with Crippen molar-refractivity contribution in [2.75, 3.05) is 32.1 Å². The van der Waals surface area contributed by atoms with E-state index in [1.54, 1.807) is 36.4 Å². The maximum absolute atomic E-state index is 13.0. The molecule has 4 rings (SSSR count). The number of hydrogen-bond donors (Lipinski definition) is 1. The van der Waals surface area contributed by atoms with Gasteiger partial charge in [0.15, 0.2) is 0 Å². The predicted octanol–water partition coefficient (Wildman–Crippen LogP) is 3.23. The third kappa shape index (κ3) is 4.44. The normalized spacial score (nSPS) is 14.2. The van der Waals surface area contributed by atoms with Crippen LogP contribution in [0.1, 0.15) is 23.2 Å². The lowest BCUT2D eigenvalue weighted by molar-refractivity contribution is 0.1000. The van der Waals surface area contributed by atoms with Gasteiger partial charge in [-0.15, -0.1) is 0 Å². The number of piperidine rings is 1. The van der Waals surface area contributed by atoms with Crippen molar-refractivity contribution < 1.29 is 14.3 Å². The zero-order chi connectivity index (χ0) is 22.7. The zero-order valence-corrected chi connectivity index (χ0v) is 18.3. The summed E-state index contributed by atoms with van der Waals surface area (Å²) < 4.78 is 6.72. The van der Waals surface area contributed by atoms with Gasteiger partial charge in [-0.3, -0.25) is 9.36 Å². The van der Waals surface area contributed by atoms with Crippen LogP contribution in [0.3, 0.4) is 0 Å². The highest BCUT2D eigenvalue weighted by Gasteiger charge is 2.26. The quantitative estimate of drug-likeness (QED) is 0.667. The van der Waals surface area contributed by atoms with Crippen molar-refractivity contribution in [1.29, 1.82) is 0 Å². The Morgan fingerprint density at radius 3 is 2.50 bits per heavy atom. The van der Waals surface area contributed by atoms with E-state index >= 15 is 0 Å². The first-order valence-corrected chi connectivity index (χ1v) is 10.6. The number of hydrogen-bond acceptors (Lipinski definition) is 5. The summed E-state index contributed by atoms with van der Waals surface area (Å²) in [6.07, 6.45) is 4.97. The Kier molecular flexibility index (Phi) is 6.11. The van der Waals surface area contributed by atoms with Gasteiger partial charge in [-0.1, -0.05) is 12.1 Å². The fourth-order valence-electron chi connectivity index (χ4n) is 4.05. The van der Waals surface area contributed by atoms with Crippen LogP contribution in [0, 0.1) is 0 Å². The number of aromatic nitrogens is 2. The van der Waals surface area contributed by atoms with E-state index in [1.165, 1.54) is 10.9 Å². The lowest BCUT2D eigenvalue weighted by Gasteiger charge is -2.37. The summed E-state index contributed by atoms with van der Waals surface area (Å²) in [5.74, 6) is 0.345. The maximum Gasteiger partial charge on any atom is 0.329 e. The number of carbonyl (C=O) groups is 2. The van der Waals surface area contributed by atoms with Crippen molar-refractivity contribution in [1.82, 2.24) is 14.5 Å². The summed E-state index contributed by atoms with van der Waals surface area (Å²) in [5, 5.41) is 0. The zero-order valence-electron chi connectivity index (χ0n) is 18.3. The second-order valence-electron chi connectivity index (χ2n) is 7.92. The van der Waals surface area contributed by atoms with Crippen LogP contribution in [-0.2, 0) is 0 Å². The molecule has 32 heavy (non-hydrogen) atoms.